The molecule has 0 saturated carbocycles. The summed E-state index contributed by atoms with van der Waals surface area (Å²) in [4.78, 5) is 9.03. The van der Waals surface area contributed by atoms with E-state index in [1.807, 2.05) is 6.92 Å². The lowest BCUT2D eigenvalue weighted by Gasteiger charge is -2.08. The molecule has 0 bridgehead atoms. The number of aryl methyl sites for hydroxylation is 2. The monoisotopic (exact) mass is 267 g/mol. The zero-order valence-electron chi connectivity index (χ0n) is 11.9. The van der Waals surface area contributed by atoms with Crippen molar-refractivity contribution >= 4 is 17.0 Å². The molecule has 0 saturated heterocycles. The molecule has 1 aromatic carbocycles. The van der Waals surface area contributed by atoms with Crippen LogP contribution in [0.2, 0.25) is 0 Å². The van der Waals surface area contributed by atoms with Crippen LogP contribution in [0.4, 0.5) is 5.95 Å². The van der Waals surface area contributed by atoms with Gasteiger partial charge in [-0.25, -0.2) is 4.98 Å². The van der Waals surface area contributed by atoms with Crippen LogP contribution in [0.15, 0.2) is 24.4 Å². The van der Waals surface area contributed by atoms with Gasteiger partial charge in [-0.15, -0.1) is 0 Å². The van der Waals surface area contributed by atoms with Gasteiger partial charge in [-0.05, 0) is 38.0 Å². The molecule has 2 heterocycles. The predicted octanol–water partition coefficient (Wildman–Crippen LogP) is 3.07. The summed E-state index contributed by atoms with van der Waals surface area (Å²) in [6.07, 6.45) is 1.77. The summed E-state index contributed by atoms with van der Waals surface area (Å²) in [5, 5.41) is 11.1. The number of anilines is 1. The van der Waals surface area contributed by atoms with Gasteiger partial charge in [0.05, 0.1) is 17.3 Å². The fourth-order valence-electron chi connectivity index (χ4n) is 2.18. The van der Waals surface area contributed by atoms with Crippen molar-refractivity contribution in [1.29, 1.82) is 0 Å². The number of rotatable bonds is 3. The largest absolute Gasteiger partial charge is 0.354 e. The summed E-state index contributed by atoms with van der Waals surface area (Å²) in [5.74, 6) is 0.623. The Kier molecular flexibility index (Phi) is 3.10. The number of benzene rings is 1. The average Bonchev–Trinajstić information content (AvgIpc) is 2.89. The third-order valence-electron chi connectivity index (χ3n) is 3.42. The van der Waals surface area contributed by atoms with Crippen molar-refractivity contribution in [2.45, 2.75) is 20.8 Å². The first-order chi connectivity index (χ1) is 9.69. The molecule has 0 atom stereocenters. The molecule has 3 rings (SSSR count). The van der Waals surface area contributed by atoms with Crippen LogP contribution in [0, 0.1) is 13.8 Å². The van der Waals surface area contributed by atoms with Gasteiger partial charge in [-0.2, -0.15) is 10.1 Å². The summed E-state index contributed by atoms with van der Waals surface area (Å²) in [6.45, 7) is 7.02. The maximum absolute atomic E-state index is 4.62. The summed E-state index contributed by atoms with van der Waals surface area (Å²) in [6, 6.07) is 6.36. The van der Waals surface area contributed by atoms with E-state index in [0.717, 1.165) is 28.8 Å². The smallest absolute Gasteiger partial charge is 0.225 e. The van der Waals surface area contributed by atoms with E-state index < -0.39 is 0 Å². The molecule has 0 aliphatic carbocycles. The van der Waals surface area contributed by atoms with E-state index in [1.165, 1.54) is 11.1 Å². The molecule has 2 N–H and O–H groups in total. The molecule has 20 heavy (non-hydrogen) atoms. The number of hydrogen-bond donors (Lipinski definition) is 2. The van der Waals surface area contributed by atoms with E-state index in [2.05, 4.69) is 57.5 Å². The molecule has 0 aliphatic heterocycles. The van der Waals surface area contributed by atoms with E-state index in [0.29, 0.717) is 5.95 Å². The summed E-state index contributed by atoms with van der Waals surface area (Å²) < 4.78 is 0. The zero-order valence-corrected chi connectivity index (χ0v) is 11.9. The van der Waals surface area contributed by atoms with Crippen LogP contribution >= 0.6 is 0 Å². The Bertz CT molecular complexity index is 760. The Morgan fingerprint density at radius 2 is 2.00 bits per heavy atom. The van der Waals surface area contributed by atoms with Gasteiger partial charge in [0.25, 0.3) is 0 Å². The summed E-state index contributed by atoms with van der Waals surface area (Å²) >= 11 is 0. The highest BCUT2D eigenvalue weighted by molar-refractivity contribution is 5.90. The topological polar surface area (TPSA) is 66.5 Å². The van der Waals surface area contributed by atoms with Crippen molar-refractivity contribution in [1.82, 2.24) is 20.2 Å². The number of aromatic nitrogens is 4. The Labute approximate surface area is 117 Å². The van der Waals surface area contributed by atoms with Crippen LogP contribution in [0.5, 0.6) is 0 Å². The van der Waals surface area contributed by atoms with Gasteiger partial charge in [0.1, 0.15) is 0 Å². The summed E-state index contributed by atoms with van der Waals surface area (Å²) in [7, 11) is 0. The van der Waals surface area contributed by atoms with E-state index in [4.69, 9.17) is 0 Å². The van der Waals surface area contributed by atoms with Gasteiger partial charge in [-0.3, -0.25) is 5.10 Å². The molecule has 0 unspecified atom stereocenters. The van der Waals surface area contributed by atoms with Crippen LogP contribution in [0.3, 0.4) is 0 Å². The van der Waals surface area contributed by atoms with Crippen LogP contribution in [0.1, 0.15) is 18.1 Å². The molecule has 3 aromatic rings. The second kappa shape index (κ2) is 4.92. The highest BCUT2D eigenvalue weighted by Gasteiger charge is 2.11. The fraction of sp³-hybridized carbons (Fsp3) is 0.267. The average molecular weight is 267 g/mol. The Hall–Kier alpha value is -2.43. The quantitative estimate of drug-likeness (QED) is 0.765. The van der Waals surface area contributed by atoms with Crippen molar-refractivity contribution in [2.75, 3.05) is 11.9 Å². The third kappa shape index (κ3) is 2.11. The maximum Gasteiger partial charge on any atom is 0.225 e. The zero-order chi connectivity index (χ0) is 14.1. The molecule has 0 aliphatic rings. The molecule has 5 nitrogen and oxygen atoms in total. The van der Waals surface area contributed by atoms with Crippen molar-refractivity contribution < 1.29 is 0 Å². The number of nitrogens with one attached hydrogen (secondary N) is 2. The van der Waals surface area contributed by atoms with Gasteiger partial charge in [-0.1, -0.05) is 12.1 Å². The molecular weight excluding hydrogens is 250 g/mol. The van der Waals surface area contributed by atoms with Crippen LogP contribution < -0.4 is 5.32 Å². The number of hydrogen-bond acceptors (Lipinski definition) is 4. The van der Waals surface area contributed by atoms with Gasteiger partial charge in [0, 0.05) is 12.1 Å². The molecule has 2 aromatic heterocycles. The third-order valence-corrected chi connectivity index (χ3v) is 3.42. The van der Waals surface area contributed by atoms with Crippen molar-refractivity contribution in [3.8, 4) is 11.3 Å². The molecule has 5 heteroatoms. The Morgan fingerprint density at radius 1 is 1.15 bits per heavy atom. The molecule has 0 spiro atoms. The molecule has 0 fully saturated rings. The Morgan fingerprint density at radius 3 is 2.75 bits per heavy atom. The minimum atomic E-state index is 0.623. The van der Waals surface area contributed by atoms with Gasteiger partial charge >= 0.3 is 0 Å². The number of fused-ring (bicyclic) bond motifs is 1. The van der Waals surface area contributed by atoms with E-state index >= 15 is 0 Å². The second-order valence-corrected chi connectivity index (χ2v) is 4.86. The highest BCUT2D eigenvalue weighted by Crippen LogP contribution is 2.27. The number of H-pyrrole nitrogens is 1. The lowest BCUT2D eigenvalue weighted by molar-refractivity contribution is 1.07. The van der Waals surface area contributed by atoms with Gasteiger partial charge in [0.15, 0.2) is 5.65 Å². The standard InChI is InChI=1S/C15H17N5/c1-4-16-15-18-13(12-8-17-20-14(12)19-15)11-6-5-9(2)10(3)7-11/h5-8H,4H2,1-3H3,(H2,16,17,18,19,20). The first-order valence-corrected chi connectivity index (χ1v) is 6.71. The van der Waals surface area contributed by atoms with Gasteiger partial charge < -0.3 is 5.32 Å². The molecular formula is C15H17N5. The molecule has 102 valence electrons. The Balaban J connectivity index is 2.22. The van der Waals surface area contributed by atoms with Crippen molar-refractivity contribution in [2.24, 2.45) is 0 Å². The number of aromatic amines is 1. The lowest BCUT2D eigenvalue weighted by atomic mass is 10.0. The lowest BCUT2D eigenvalue weighted by Crippen LogP contribution is -2.03. The summed E-state index contributed by atoms with van der Waals surface area (Å²) in [5.41, 5.74) is 5.27. The normalized spacial score (nSPS) is 10.9. The second-order valence-electron chi connectivity index (χ2n) is 4.86. The molecule has 0 radical (unpaired) electrons. The minimum Gasteiger partial charge on any atom is -0.354 e. The van der Waals surface area contributed by atoms with Crippen molar-refractivity contribution in [3.05, 3.63) is 35.5 Å². The van der Waals surface area contributed by atoms with E-state index in [1.54, 1.807) is 6.20 Å². The highest BCUT2D eigenvalue weighted by atomic mass is 15.2. The van der Waals surface area contributed by atoms with E-state index in [9.17, 15) is 0 Å². The van der Waals surface area contributed by atoms with E-state index in [-0.39, 0.29) is 0 Å². The maximum atomic E-state index is 4.62. The molecule has 0 amide bonds. The fourth-order valence-corrected chi connectivity index (χ4v) is 2.18. The van der Waals surface area contributed by atoms with Crippen molar-refractivity contribution in [3.63, 3.8) is 0 Å². The van der Waals surface area contributed by atoms with Crippen LogP contribution in [-0.4, -0.2) is 26.7 Å². The SMILES string of the molecule is CCNc1nc(-c2ccc(C)c(C)c2)c2cn[nH]c2n1. The van der Waals surface area contributed by atoms with Crippen LogP contribution in [0.25, 0.3) is 22.3 Å². The number of nitrogens with zero attached hydrogens (tertiary/aromatic N) is 3. The first kappa shape index (κ1) is 12.6. The van der Waals surface area contributed by atoms with Gasteiger partial charge in [0.2, 0.25) is 5.95 Å². The first-order valence-electron chi connectivity index (χ1n) is 6.71. The minimum absolute atomic E-state index is 0.623. The van der Waals surface area contributed by atoms with Crippen LogP contribution in [-0.2, 0) is 0 Å². The predicted molar refractivity (Wildman–Crippen MR) is 80.8 cm³/mol.